The van der Waals surface area contributed by atoms with E-state index in [0.29, 0.717) is 6.54 Å². The van der Waals surface area contributed by atoms with Crippen molar-refractivity contribution in [2.75, 3.05) is 27.2 Å². The Balaban J connectivity index is 0.00000242. The molecule has 0 bridgehead atoms. The number of esters is 1. The number of hydrogen-bond donors (Lipinski definition) is 0. The molecular formula is C18H24ClNO2. The minimum Gasteiger partial charge on any atom is -0.452 e. The van der Waals surface area contributed by atoms with Gasteiger partial charge in [0, 0.05) is 0 Å². The second-order valence-electron chi connectivity index (χ2n) is 5.82. The van der Waals surface area contributed by atoms with Crippen LogP contribution in [0.25, 0.3) is 0 Å². The molecule has 0 aromatic heterocycles. The smallest absolute Gasteiger partial charge is 0.317 e. The molecule has 1 aliphatic rings. The van der Waals surface area contributed by atoms with Crippen LogP contribution in [-0.4, -0.2) is 38.1 Å². The predicted molar refractivity (Wildman–Crippen MR) is 91.1 cm³/mol. The lowest BCUT2D eigenvalue weighted by molar-refractivity contribution is -0.149. The summed E-state index contributed by atoms with van der Waals surface area (Å²) in [5.41, 5.74) is 0.624. The maximum Gasteiger partial charge on any atom is 0.317 e. The number of carbonyl (C=O) groups is 1. The van der Waals surface area contributed by atoms with Crippen molar-refractivity contribution in [1.82, 2.24) is 4.90 Å². The normalized spacial score (nSPS) is 15.6. The molecule has 1 saturated carbocycles. The van der Waals surface area contributed by atoms with Crippen molar-refractivity contribution in [2.45, 2.75) is 31.1 Å². The second kappa shape index (κ2) is 8.82. The summed E-state index contributed by atoms with van der Waals surface area (Å²) >= 11 is 0. The highest BCUT2D eigenvalue weighted by atomic mass is 35.5. The molecule has 120 valence electrons. The summed E-state index contributed by atoms with van der Waals surface area (Å²) in [6.07, 6.45) is 3.91. The molecule has 1 aromatic rings. The largest absolute Gasteiger partial charge is 0.452 e. The summed E-state index contributed by atoms with van der Waals surface area (Å²) in [6, 6.07) is 10.0. The first-order valence-electron chi connectivity index (χ1n) is 7.48. The third-order valence-electron chi connectivity index (χ3n) is 3.97. The van der Waals surface area contributed by atoms with Crippen LogP contribution in [0.4, 0.5) is 0 Å². The van der Waals surface area contributed by atoms with Gasteiger partial charge in [-0.15, -0.1) is 12.4 Å². The Morgan fingerprint density at radius 2 is 1.82 bits per heavy atom. The second-order valence-corrected chi connectivity index (χ2v) is 5.82. The quantitative estimate of drug-likeness (QED) is 0.630. The molecule has 0 amide bonds. The van der Waals surface area contributed by atoms with E-state index in [0.717, 1.165) is 31.2 Å². The van der Waals surface area contributed by atoms with E-state index in [1.54, 1.807) is 0 Å². The van der Waals surface area contributed by atoms with Gasteiger partial charge in [-0.3, -0.25) is 9.69 Å². The minimum absolute atomic E-state index is 0. The van der Waals surface area contributed by atoms with Crippen LogP contribution in [0.3, 0.4) is 0 Å². The lowest BCUT2D eigenvalue weighted by Gasteiger charge is -2.26. The fourth-order valence-corrected chi connectivity index (χ4v) is 2.85. The molecule has 0 spiro atoms. The molecule has 0 atom stereocenters. The van der Waals surface area contributed by atoms with Crippen LogP contribution in [0, 0.1) is 11.8 Å². The van der Waals surface area contributed by atoms with E-state index < -0.39 is 5.41 Å². The molecular weight excluding hydrogens is 298 g/mol. The molecule has 0 N–H and O–H groups in total. The highest BCUT2D eigenvalue weighted by Crippen LogP contribution is 2.42. The summed E-state index contributed by atoms with van der Waals surface area (Å²) in [6.45, 7) is 0.864. The van der Waals surface area contributed by atoms with Crippen molar-refractivity contribution in [3.8, 4) is 11.8 Å². The monoisotopic (exact) mass is 321 g/mol. The van der Waals surface area contributed by atoms with Crippen LogP contribution < -0.4 is 0 Å². The van der Waals surface area contributed by atoms with Gasteiger partial charge < -0.3 is 4.74 Å². The molecule has 0 aliphatic heterocycles. The molecule has 22 heavy (non-hydrogen) atoms. The number of rotatable bonds is 4. The van der Waals surface area contributed by atoms with Crippen LogP contribution in [-0.2, 0) is 14.9 Å². The first kappa shape index (κ1) is 18.5. The van der Waals surface area contributed by atoms with Crippen molar-refractivity contribution in [2.24, 2.45) is 0 Å². The van der Waals surface area contributed by atoms with Crippen LogP contribution in [0.15, 0.2) is 30.3 Å². The zero-order valence-corrected chi connectivity index (χ0v) is 14.1. The molecule has 1 aliphatic carbocycles. The lowest BCUT2D eigenvalue weighted by atomic mass is 9.79. The molecule has 1 fully saturated rings. The Kier molecular flexibility index (Phi) is 7.44. The maximum absolute atomic E-state index is 12.6. The van der Waals surface area contributed by atoms with E-state index in [2.05, 4.69) is 11.8 Å². The van der Waals surface area contributed by atoms with Gasteiger partial charge in [-0.25, -0.2) is 0 Å². The van der Waals surface area contributed by atoms with E-state index in [-0.39, 0.29) is 25.0 Å². The Morgan fingerprint density at radius 1 is 1.18 bits per heavy atom. The van der Waals surface area contributed by atoms with E-state index in [4.69, 9.17) is 4.74 Å². The third kappa shape index (κ3) is 4.50. The standard InChI is InChI=1S/C18H23NO2.ClH/c1-19(2)14-8-9-15-21-17(20)18(12-6-7-13-18)16-10-4-3-5-11-16;/h3-5,10-11H,6-7,12-15H2,1-2H3;1H. The van der Waals surface area contributed by atoms with Gasteiger partial charge in [-0.2, -0.15) is 0 Å². The molecule has 2 rings (SSSR count). The van der Waals surface area contributed by atoms with Gasteiger partial charge in [-0.1, -0.05) is 55.0 Å². The lowest BCUT2D eigenvalue weighted by Crippen LogP contribution is -2.34. The first-order chi connectivity index (χ1) is 10.1. The van der Waals surface area contributed by atoms with Gasteiger partial charge in [0.25, 0.3) is 0 Å². The fourth-order valence-electron chi connectivity index (χ4n) is 2.85. The molecule has 3 nitrogen and oxygen atoms in total. The van der Waals surface area contributed by atoms with Crippen molar-refractivity contribution < 1.29 is 9.53 Å². The highest BCUT2D eigenvalue weighted by molar-refractivity contribution is 5.85. The van der Waals surface area contributed by atoms with Gasteiger partial charge in [0.15, 0.2) is 6.61 Å². The molecule has 0 unspecified atom stereocenters. The summed E-state index contributed by atoms with van der Waals surface area (Å²) in [7, 11) is 3.92. The van der Waals surface area contributed by atoms with Gasteiger partial charge in [-0.05, 0) is 32.5 Å². The molecule has 0 saturated heterocycles. The number of halogens is 1. The molecule has 1 aromatic carbocycles. The minimum atomic E-state index is -0.454. The average molecular weight is 322 g/mol. The topological polar surface area (TPSA) is 29.5 Å². The van der Waals surface area contributed by atoms with Gasteiger partial charge in [0.2, 0.25) is 0 Å². The SMILES string of the molecule is CN(C)CC#CCOC(=O)C1(c2ccccc2)CCCC1.Cl. The van der Waals surface area contributed by atoms with Gasteiger partial charge >= 0.3 is 5.97 Å². The van der Waals surface area contributed by atoms with E-state index in [9.17, 15) is 4.79 Å². The zero-order chi connectivity index (χ0) is 15.1. The Hall–Kier alpha value is -1.50. The van der Waals surface area contributed by atoms with Crippen LogP contribution in [0.5, 0.6) is 0 Å². The number of hydrogen-bond acceptors (Lipinski definition) is 3. The van der Waals surface area contributed by atoms with Crippen LogP contribution in [0.2, 0.25) is 0 Å². The fraction of sp³-hybridized carbons (Fsp3) is 0.500. The predicted octanol–water partition coefficient (Wildman–Crippen LogP) is 3.03. The van der Waals surface area contributed by atoms with Crippen molar-refractivity contribution >= 4 is 18.4 Å². The van der Waals surface area contributed by atoms with Crippen LogP contribution in [0.1, 0.15) is 31.2 Å². The zero-order valence-electron chi connectivity index (χ0n) is 13.3. The van der Waals surface area contributed by atoms with Crippen molar-refractivity contribution in [3.63, 3.8) is 0 Å². The van der Waals surface area contributed by atoms with Crippen LogP contribution >= 0.6 is 12.4 Å². The molecule has 0 heterocycles. The molecule has 0 radical (unpaired) electrons. The van der Waals surface area contributed by atoms with Gasteiger partial charge in [0.05, 0.1) is 12.0 Å². The number of ether oxygens (including phenoxy) is 1. The Bertz CT molecular complexity index is 525. The maximum atomic E-state index is 12.6. The number of nitrogens with zero attached hydrogens (tertiary/aromatic N) is 1. The number of benzene rings is 1. The molecule has 4 heteroatoms. The van der Waals surface area contributed by atoms with E-state index >= 15 is 0 Å². The van der Waals surface area contributed by atoms with E-state index in [1.807, 2.05) is 49.3 Å². The summed E-state index contributed by atoms with van der Waals surface area (Å²) in [4.78, 5) is 14.5. The highest BCUT2D eigenvalue weighted by Gasteiger charge is 2.43. The summed E-state index contributed by atoms with van der Waals surface area (Å²) in [5.74, 6) is 5.77. The number of carbonyl (C=O) groups excluding carboxylic acids is 1. The first-order valence-corrected chi connectivity index (χ1v) is 7.48. The Morgan fingerprint density at radius 3 is 2.41 bits per heavy atom. The van der Waals surface area contributed by atoms with E-state index in [1.165, 1.54) is 0 Å². The average Bonchev–Trinajstić information content (AvgIpc) is 2.98. The third-order valence-corrected chi connectivity index (χ3v) is 3.97. The Labute approximate surface area is 139 Å². The van der Waals surface area contributed by atoms with Gasteiger partial charge in [0.1, 0.15) is 0 Å². The van der Waals surface area contributed by atoms with Crippen molar-refractivity contribution in [1.29, 1.82) is 0 Å². The van der Waals surface area contributed by atoms with Crippen molar-refractivity contribution in [3.05, 3.63) is 35.9 Å². The summed E-state index contributed by atoms with van der Waals surface area (Å²) in [5, 5.41) is 0. The summed E-state index contributed by atoms with van der Waals surface area (Å²) < 4.78 is 5.43.